The minimum Gasteiger partial charge on any atom is -0.481 e. The first-order valence-corrected chi connectivity index (χ1v) is 6.24. The van der Waals surface area contributed by atoms with Crippen LogP contribution >= 0.6 is 0 Å². The van der Waals surface area contributed by atoms with Crippen LogP contribution in [0, 0.1) is 23.7 Å². The molecule has 0 unspecified atom stereocenters. The average molecular weight is 260 g/mol. The van der Waals surface area contributed by atoms with Crippen LogP contribution in [-0.4, -0.2) is 27.6 Å². The Morgan fingerprint density at radius 3 is 2.84 bits per heavy atom. The van der Waals surface area contributed by atoms with E-state index >= 15 is 0 Å². The topological polar surface area (TPSA) is 98.9 Å². The summed E-state index contributed by atoms with van der Waals surface area (Å²) in [6.07, 6.45) is 3.04. The van der Waals surface area contributed by atoms with Crippen LogP contribution in [0.1, 0.15) is 37.1 Å². The van der Waals surface area contributed by atoms with E-state index < -0.39 is 5.97 Å². The Hall–Kier alpha value is -2.16. The summed E-state index contributed by atoms with van der Waals surface area (Å²) in [5.41, 5.74) is 0.844. The van der Waals surface area contributed by atoms with Crippen molar-refractivity contribution in [2.45, 2.75) is 32.6 Å². The maximum atomic E-state index is 10.9. The molecule has 2 rings (SSSR count). The fourth-order valence-electron chi connectivity index (χ4n) is 2.39. The number of aryl methyl sites for hydroxylation is 1. The van der Waals surface area contributed by atoms with Crippen molar-refractivity contribution in [2.75, 3.05) is 11.9 Å². The Bertz CT molecular complexity index is 532. The Morgan fingerprint density at radius 2 is 2.32 bits per heavy atom. The van der Waals surface area contributed by atoms with Gasteiger partial charge in [0.2, 0.25) is 5.95 Å². The van der Waals surface area contributed by atoms with Crippen LogP contribution in [0.15, 0.2) is 6.07 Å². The van der Waals surface area contributed by atoms with Gasteiger partial charge in [0.1, 0.15) is 11.8 Å². The second-order valence-electron chi connectivity index (χ2n) is 5.11. The van der Waals surface area contributed by atoms with Gasteiger partial charge in [0.25, 0.3) is 0 Å². The lowest BCUT2D eigenvalue weighted by Gasteiger charge is -2.40. The standard InChI is InChI=1S/C13H16N4O2/c1-9-5-10(7-14)17-12(16-9)15-8-13(3-2-4-13)6-11(18)19/h5H,2-4,6,8H2,1H3,(H,18,19)(H,15,16,17). The van der Waals surface area contributed by atoms with Crippen LogP contribution < -0.4 is 5.32 Å². The number of hydrogen-bond acceptors (Lipinski definition) is 5. The number of carbonyl (C=O) groups is 1. The number of carboxylic acids is 1. The molecule has 6 heteroatoms. The summed E-state index contributed by atoms with van der Waals surface area (Å²) < 4.78 is 0. The Labute approximate surface area is 111 Å². The number of rotatable bonds is 5. The van der Waals surface area contributed by atoms with Gasteiger partial charge in [-0.1, -0.05) is 6.42 Å². The number of nitrogens with zero attached hydrogens (tertiary/aromatic N) is 3. The predicted molar refractivity (Wildman–Crippen MR) is 68.5 cm³/mol. The Balaban J connectivity index is 2.04. The van der Waals surface area contributed by atoms with Gasteiger partial charge in [-0.05, 0) is 31.2 Å². The summed E-state index contributed by atoms with van der Waals surface area (Å²) in [4.78, 5) is 19.1. The predicted octanol–water partition coefficient (Wildman–Crippen LogP) is 1.71. The number of aliphatic carboxylic acids is 1. The summed E-state index contributed by atoms with van der Waals surface area (Å²) in [5, 5.41) is 20.9. The van der Waals surface area contributed by atoms with E-state index in [1.54, 1.807) is 13.0 Å². The van der Waals surface area contributed by atoms with Crippen molar-refractivity contribution in [1.82, 2.24) is 9.97 Å². The first-order chi connectivity index (χ1) is 9.03. The maximum absolute atomic E-state index is 10.9. The molecular formula is C13H16N4O2. The first kappa shape index (κ1) is 13.3. The Kier molecular flexibility index (Phi) is 3.65. The van der Waals surface area contributed by atoms with Crippen molar-refractivity contribution in [3.05, 3.63) is 17.5 Å². The van der Waals surface area contributed by atoms with Crippen molar-refractivity contribution in [2.24, 2.45) is 5.41 Å². The minimum atomic E-state index is -0.774. The molecule has 19 heavy (non-hydrogen) atoms. The van der Waals surface area contributed by atoms with E-state index in [0.29, 0.717) is 18.2 Å². The highest BCUT2D eigenvalue weighted by atomic mass is 16.4. The smallest absolute Gasteiger partial charge is 0.303 e. The second kappa shape index (κ2) is 5.22. The van der Waals surface area contributed by atoms with Gasteiger partial charge >= 0.3 is 5.97 Å². The molecule has 6 nitrogen and oxygen atoms in total. The number of nitrogens with one attached hydrogen (secondary N) is 1. The fraction of sp³-hybridized carbons (Fsp3) is 0.538. The van der Waals surface area contributed by atoms with Crippen molar-refractivity contribution in [1.29, 1.82) is 5.26 Å². The van der Waals surface area contributed by atoms with Crippen LogP contribution in [0.3, 0.4) is 0 Å². The average Bonchev–Trinajstić information content (AvgIpc) is 2.31. The lowest BCUT2D eigenvalue weighted by Crippen LogP contribution is -2.38. The molecule has 1 aromatic heterocycles. The van der Waals surface area contributed by atoms with E-state index in [9.17, 15) is 4.79 Å². The number of anilines is 1. The molecule has 0 radical (unpaired) electrons. The van der Waals surface area contributed by atoms with E-state index in [0.717, 1.165) is 25.0 Å². The zero-order chi connectivity index (χ0) is 13.9. The van der Waals surface area contributed by atoms with Crippen molar-refractivity contribution in [3.63, 3.8) is 0 Å². The molecule has 100 valence electrons. The van der Waals surface area contributed by atoms with E-state index in [4.69, 9.17) is 10.4 Å². The molecule has 2 N–H and O–H groups in total. The van der Waals surface area contributed by atoms with Gasteiger partial charge in [-0.2, -0.15) is 5.26 Å². The van der Waals surface area contributed by atoms with Gasteiger partial charge in [-0.25, -0.2) is 9.97 Å². The lowest BCUT2D eigenvalue weighted by molar-refractivity contribution is -0.141. The molecule has 0 spiro atoms. The van der Waals surface area contributed by atoms with E-state index in [-0.39, 0.29) is 11.8 Å². The molecule has 1 heterocycles. The van der Waals surface area contributed by atoms with Gasteiger partial charge in [-0.15, -0.1) is 0 Å². The molecule has 0 bridgehead atoms. The van der Waals surface area contributed by atoms with Crippen molar-refractivity contribution >= 4 is 11.9 Å². The molecule has 1 aromatic rings. The fourth-order valence-corrected chi connectivity index (χ4v) is 2.39. The third-order valence-electron chi connectivity index (χ3n) is 3.53. The van der Waals surface area contributed by atoms with Gasteiger partial charge < -0.3 is 10.4 Å². The minimum absolute atomic E-state index is 0.164. The van der Waals surface area contributed by atoms with Gasteiger partial charge in [-0.3, -0.25) is 4.79 Å². The summed E-state index contributed by atoms with van der Waals surface area (Å²) >= 11 is 0. The van der Waals surface area contributed by atoms with Gasteiger partial charge in [0, 0.05) is 12.2 Å². The molecule has 1 fully saturated rings. The van der Waals surface area contributed by atoms with Gasteiger partial charge in [0.15, 0.2) is 0 Å². The molecule has 0 aliphatic heterocycles. The van der Waals surface area contributed by atoms with Crippen LogP contribution in [-0.2, 0) is 4.79 Å². The van der Waals surface area contributed by atoms with E-state index in [1.165, 1.54) is 0 Å². The molecule has 0 saturated heterocycles. The van der Waals surface area contributed by atoms with Crippen LogP contribution in [0.25, 0.3) is 0 Å². The normalized spacial score (nSPS) is 16.2. The molecule has 0 amide bonds. The zero-order valence-corrected chi connectivity index (χ0v) is 10.8. The molecule has 1 aliphatic rings. The van der Waals surface area contributed by atoms with E-state index in [2.05, 4.69) is 15.3 Å². The number of aromatic nitrogens is 2. The lowest BCUT2D eigenvalue weighted by atomic mass is 9.66. The monoisotopic (exact) mass is 260 g/mol. The number of nitriles is 1. The summed E-state index contributed by atoms with van der Waals surface area (Å²) in [6, 6.07) is 3.59. The third kappa shape index (κ3) is 3.19. The van der Waals surface area contributed by atoms with Crippen LogP contribution in [0.2, 0.25) is 0 Å². The van der Waals surface area contributed by atoms with Crippen LogP contribution in [0.5, 0.6) is 0 Å². The largest absolute Gasteiger partial charge is 0.481 e. The number of hydrogen-bond donors (Lipinski definition) is 2. The summed E-state index contributed by atoms with van der Waals surface area (Å²) in [7, 11) is 0. The zero-order valence-electron chi connectivity index (χ0n) is 10.8. The highest BCUT2D eigenvalue weighted by molar-refractivity contribution is 5.68. The molecule has 1 aliphatic carbocycles. The van der Waals surface area contributed by atoms with Crippen LogP contribution in [0.4, 0.5) is 5.95 Å². The SMILES string of the molecule is Cc1cc(C#N)nc(NCC2(CC(=O)O)CCC2)n1. The molecule has 0 aromatic carbocycles. The van der Waals surface area contributed by atoms with Gasteiger partial charge in [0.05, 0.1) is 6.42 Å². The van der Waals surface area contributed by atoms with Crippen molar-refractivity contribution < 1.29 is 9.90 Å². The summed E-state index contributed by atoms with van der Waals surface area (Å²) in [5.74, 6) is -0.377. The highest BCUT2D eigenvalue weighted by Gasteiger charge is 2.38. The second-order valence-corrected chi connectivity index (χ2v) is 5.11. The summed E-state index contributed by atoms with van der Waals surface area (Å²) in [6.45, 7) is 2.33. The third-order valence-corrected chi connectivity index (χ3v) is 3.53. The first-order valence-electron chi connectivity index (χ1n) is 6.24. The quantitative estimate of drug-likeness (QED) is 0.836. The number of carboxylic acid groups (broad SMARTS) is 1. The van der Waals surface area contributed by atoms with E-state index in [1.807, 2.05) is 6.07 Å². The molecule has 1 saturated carbocycles. The molecule has 0 atom stereocenters. The van der Waals surface area contributed by atoms with Crippen molar-refractivity contribution in [3.8, 4) is 6.07 Å². The highest BCUT2D eigenvalue weighted by Crippen LogP contribution is 2.43. The Morgan fingerprint density at radius 1 is 1.58 bits per heavy atom. The maximum Gasteiger partial charge on any atom is 0.303 e. The molecular weight excluding hydrogens is 244 g/mol.